The van der Waals surface area contributed by atoms with Crippen LogP contribution in [0, 0.1) is 0 Å². The molecular formula is C12H15F3N2O3. The van der Waals surface area contributed by atoms with E-state index >= 15 is 0 Å². The maximum atomic E-state index is 11.9. The molecule has 112 valence electrons. The van der Waals surface area contributed by atoms with Gasteiger partial charge in [-0.1, -0.05) is 6.07 Å². The standard InChI is InChI=1S/C12H15F3N2O3/c1-8(2)20-10-9(4-3-5-16-10)6-17-11(18)19-7-12(13,14)15/h3-5,8H,6-7H2,1-2H3,(H,17,18). The summed E-state index contributed by atoms with van der Waals surface area (Å²) >= 11 is 0. The molecule has 1 heterocycles. The summed E-state index contributed by atoms with van der Waals surface area (Å²) < 4.78 is 45.0. The van der Waals surface area contributed by atoms with Gasteiger partial charge in [-0.2, -0.15) is 13.2 Å². The van der Waals surface area contributed by atoms with Gasteiger partial charge in [0.05, 0.1) is 12.6 Å². The summed E-state index contributed by atoms with van der Waals surface area (Å²) in [6.07, 6.45) is -4.29. The number of amides is 1. The molecule has 0 bridgehead atoms. The lowest BCUT2D eigenvalue weighted by Crippen LogP contribution is -2.29. The average molecular weight is 292 g/mol. The second kappa shape index (κ2) is 6.97. The van der Waals surface area contributed by atoms with Crippen molar-refractivity contribution in [1.29, 1.82) is 0 Å². The molecule has 1 aromatic heterocycles. The van der Waals surface area contributed by atoms with Gasteiger partial charge in [0.1, 0.15) is 0 Å². The van der Waals surface area contributed by atoms with E-state index in [4.69, 9.17) is 4.74 Å². The zero-order valence-electron chi connectivity index (χ0n) is 11.0. The molecule has 0 atom stereocenters. The number of aromatic nitrogens is 1. The molecule has 0 unspecified atom stereocenters. The molecule has 1 amide bonds. The number of nitrogens with one attached hydrogen (secondary N) is 1. The number of halogens is 3. The highest BCUT2D eigenvalue weighted by Crippen LogP contribution is 2.16. The summed E-state index contributed by atoms with van der Waals surface area (Å²) in [6.45, 7) is 1.96. The Labute approximate surface area is 114 Å². The van der Waals surface area contributed by atoms with Crippen LogP contribution in [0.3, 0.4) is 0 Å². The molecular weight excluding hydrogens is 277 g/mol. The Balaban J connectivity index is 2.51. The first-order valence-electron chi connectivity index (χ1n) is 5.86. The fourth-order valence-electron chi connectivity index (χ4n) is 1.25. The molecule has 0 aliphatic heterocycles. The summed E-state index contributed by atoms with van der Waals surface area (Å²) in [5.74, 6) is 0.318. The van der Waals surface area contributed by atoms with Crippen LogP contribution in [0.5, 0.6) is 5.88 Å². The van der Waals surface area contributed by atoms with Gasteiger partial charge in [-0.25, -0.2) is 9.78 Å². The Morgan fingerprint density at radius 2 is 2.15 bits per heavy atom. The van der Waals surface area contributed by atoms with Crippen molar-refractivity contribution >= 4 is 6.09 Å². The van der Waals surface area contributed by atoms with E-state index in [0.717, 1.165) is 0 Å². The second-order valence-electron chi connectivity index (χ2n) is 4.18. The summed E-state index contributed by atoms with van der Waals surface area (Å²) in [7, 11) is 0. The van der Waals surface area contributed by atoms with Crippen molar-refractivity contribution < 1.29 is 27.4 Å². The Morgan fingerprint density at radius 3 is 2.75 bits per heavy atom. The first kappa shape index (κ1) is 16.1. The van der Waals surface area contributed by atoms with Crippen LogP contribution in [-0.2, 0) is 11.3 Å². The Kier molecular flexibility index (Phi) is 5.60. The molecule has 0 aromatic carbocycles. The number of nitrogens with zero attached hydrogens (tertiary/aromatic N) is 1. The number of carbonyl (C=O) groups excluding carboxylic acids is 1. The number of alkyl halides is 3. The minimum absolute atomic E-state index is 0.0351. The highest BCUT2D eigenvalue weighted by molar-refractivity contribution is 5.67. The average Bonchev–Trinajstić information content (AvgIpc) is 2.34. The van der Waals surface area contributed by atoms with E-state index in [1.165, 1.54) is 6.20 Å². The normalized spacial score (nSPS) is 11.3. The number of hydrogen-bond donors (Lipinski definition) is 1. The van der Waals surface area contributed by atoms with Gasteiger partial charge >= 0.3 is 12.3 Å². The summed E-state index contributed by atoms with van der Waals surface area (Å²) in [4.78, 5) is 15.1. The molecule has 1 rings (SSSR count). The maximum Gasteiger partial charge on any atom is 0.422 e. The number of pyridine rings is 1. The molecule has 0 aliphatic carbocycles. The van der Waals surface area contributed by atoms with E-state index in [9.17, 15) is 18.0 Å². The lowest BCUT2D eigenvalue weighted by atomic mass is 10.2. The topological polar surface area (TPSA) is 60.5 Å². The van der Waals surface area contributed by atoms with Gasteiger partial charge < -0.3 is 14.8 Å². The molecule has 0 saturated heterocycles. The second-order valence-corrected chi connectivity index (χ2v) is 4.18. The van der Waals surface area contributed by atoms with Crippen LogP contribution in [0.25, 0.3) is 0 Å². The monoisotopic (exact) mass is 292 g/mol. The van der Waals surface area contributed by atoms with Crippen molar-refractivity contribution in [2.75, 3.05) is 6.61 Å². The van der Waals surface area contributed by atoms with Crippen LogP contribution >= 0.6 is 0 Å². The maximum absolute atomic E-state index is 11.9. The highest BCUT2D eigenvalue weighted by atomic mass is 19.4. The molecule has 0 radical (unpaired) electrons. The van der Waals surface area contributed by atoms with Gasteiger partial charge in [0.2, 0.25) is 5.88 Å². The van der Waals surface area contributed by atoms with Crippen molar-refractivity contribution in [2.45, 2.75) is 32.7 Å². The number of carbonyl (C=O) groups is 1. The summed E-state index contributed by atoms with van der Waals surface area (Å²) in [6, 6.07) is 3.28. The summed E-state index contributed by atoms with van der Waals surface area (Å²) in [5, 5.41) is 2.20. The van der Waals surface area contributed by atoms with Crippen molar-refractivity contribution in [3.63, 3.8) is 0 Å². The van der Waals surface area contributed by atoms with Crippen LogP contribution in [0.15, 0.2) is 18.3 Å². The van der Waals surface area contributed by atoms with Crippen molar-refractivity contribution in [3.05, 3.63) is 23.9 Å². The fourth-order valence-corrected chi connectivity index (χ4v) is 1.25. The molecule has 0 saturated carbocycles. The van der Waals surface area contributed by atoms with E-state index in [1.54, 1.807) is 12.1 Å². The molecule has 1 N–H and O–H groups in total. The van der Waals surface area contributed by atoms with E-state index in [2.05, 4.69) is 15.0 Å². The van der Waals surface area contributed by atoms with Crippen molar-refractivity contribution in [1.82, 2.24) is 10.3 Å². The zero-order chi connectivity index (χ0) is 15.2. The number of rotatable bonds is 5. The first-order chi connectivity index (χ1) is 9.28. The number of hydrogen-bond acceptors (Lipinski definition) is 4. The smallest absolute Gasteiger partial charge is 0.422 e. The van der Waals surface area contributed by atoms with Crippen LogP contribution < -0.4 is 10.1 Å². The van der Waals surface area contributed by atoms with Gasteiger partial charge in [-0.15, -0.1) is 0 Å². The van der Waals surface area contributed by atoms with Crippen LogP contribution in [0.4, 0.5) is 18.0 Å². The minimum atomic E-state index is -4.54. The van der Waals surface area contributed by atoms with Crippen molar-refractivity contribution in [2.24, 2.45) is 0 Å². The van der Waals surface area contributed by atoms with E-state index in [1.807, 2.05) is 13.8 Å². The van der Waals surface area contributed by atoms with Gasteiger partial charge in [0, 0.05) is 11.8 Å². The largest absolute Gasteiger partial charge is 0.475 e. The quantitative estimate of drug-likeness (QED) is 0.906. The van der Waals surface area contributed by atoms with E-state index in [-0.39, 0.29) is 12.6 Å². The SMILES string of the molecule is CC(C)Oc1ncccc1CNC(=O)OCC(F)(F)F. The van der Waals surface area contributed by atoms with Crippen LogP contribution in [0.1, 0.15) is 19.4 Å². The third kappa shape index (κ3) is 6.26. The number of ether oxygens (including phenoxy) is 2. The zero-order valence-corrected chi connectivity index (χ0v) is 11.0. The van der Waals surface area contributed by atoms with Crippen LogP contribution in [-0.4, -0.2) is 30.0 Å². The van der Waals surface area contributed by atoms with Gasteiger partial charge in [-0.05, 0) is 19.9 Å². The van der Waals surface area contributed by atoms with Gasteiger partial charge in [0.25, 0.3) is 0 Å². The highest BCUT2D eigenvalue weighted by Gasteiger charge is 2.29. The number of alkyl carbamates (subject to hydrolysis) is 1. The molecule has 0 spiro atoms. The molecule has 20 heavy (non-hydrogen) atoms. The third-order valence-electron chi connectivity index (χ3n) is 1.99. The molecule has 0 aliphatic rings. The molecule has 0 fully saturated rings. The fraction of sp³-hybridized carbons (Fsp3) is 0.500. The molecule has 5 nitrogen and oxygen atoms in total. The van der Waals surface area contributed by atoms with Crippen molar-refractivity contribution in [3.8, 4) is 5.88 Å². The Hall–Kier alpha value is -1.99. The molecule has 1 aromatic rings. The Bertz CT molecular complexity index is 450. The van der Waals surface area contributed by atoms with E-state index < -0.39 is 18.9 Å². The van der Waals surface area contributed by atoms with Gasteiger partial charge in [-0.3, -0.25) is 0 Å². The molecule has 8 heteroatoms. The lowest BCUT2D eigenvalue weighted by molar-refractivity contribution is -0.160. The Morgan fingerprint density at radius 1 is 1.45 bits per heavy atom. The predicted octanol–water partition coefficient (Wildman–Crippen LogP) is 2.66. The van der Waals surface area contributed by atoms with Crippen LogP contribution in [0.2, 0.25) is 0 Å². The lowest BCUT2D eigenvalue weighted by Gasteiger charge is -2.13. The third-order valence-corrected chi connectivity index (χ3v) is 1.99. The predicted molar refractivity (Wildman–Crippen MR) is 64.2 cm³/mol. The summed E-state index contributed by atoms with van der Waals surface area (Å²) in [5.41, 5.74) is 0.546. The van der Waals surface area contributed by atoms with Gasteiger partial charge in [0.15, 0.2) is 6.61 Å². The van der Waals surface area contributed by atoms with E-state index in [0.29, 0.717) is 11.4 Å². The first-order valence-corrected chi connectivity index (χ1v) is 5.86. The minimum Gasteiger partial charge on any atom is -0.475 e.